The summed E-state index contributed by atoms with van der Waals surface area (Å²) in [5, 5.41) is 0. The maximum atomic E-state index is 11.4. The lowest BCUT2D eigenvalue weighted by Crippen LogP contribution is -2.26. The lowest BCUT2D eigenvalue weighted by Gasteiger charge is -2.21. The highest BCUT2D eigenvalue weighted by Gasteiger charge is 2.19. The molecule has 0 saturated carbocycles. The third-order valence-electron chi connectivity index (χ3n) is 2.04. The third-order valence-corrected chi connectivity index (χ3v) is 2.53. The summed E-state index contributed by atoms with van der Waals surface area (Å²) in [6.07, 6.45) is 5.35. The number of hydrogen-bond acceptors (Lipinski definition) is 2. The quantitative estimate of drug-likeness (QED) is 0.626. The van der Waals surface area contributed by atoms with E-state index in [-0.39, 0.29) is 5.78 Å². The Kier molecular flexibility index (Phi) is 3.77. The molecule has 0 amide bonds. The largest absolute Gasteiger partial charge is 0.474 e. The maximum absolute atomic E-state index is 11.4. The molecule has 16 heavy (non-hydrogen) atoms. The fraction of sp³-hybridized carbons (Fsp3) is 0.308. The summed E-state index contributed by atoms with van der Waals surface area (Å²) in [4.78, 5) is 11.4. The molecular formula is C13H13BrO2. The van der Waals surface area contributed by atoms with Crippen molar-refractivity contribution in [1.82, 2.24) is 0 Å². The van der Waals surface area contributed by atoms with E-state index < -0.39 is 5.60 Å². The Balaban J connectivity index is 3.17. The second-order valence-corrected chi connectivity index (χ2v) is 4.87. The molecule has 0 aromatic heterocycles. The summed E-state index contributed by atoms with van der Waals surface area (Å²) < 4.78 is 6.48. The summed E-state index contributed by atoms with van der Waals surface area (Å²) in [5.74, 6) is 2.99. The average Bonchev–Trinajstić information content (AvgIpc) is 2.16. The zero-order valence-corrected chi connectivity index (χ0v) is 11.1. The molecule has 0 bridgehead atoms. The van der Waals surface area contributed by atoms with Crippen LogP contribution in [0.25, 0.3) is 0 Å². The van der Waals surface area contributed by atoms with Gasteiger partial charge in [-0.25, -0.2) is 0 Å². The maximum Gasteiger partial charge on any atom is 0.163 e. The van der Waals surface area contributed by atoms with Crippen molar-refractivity contribution in [2.75, 3.05) is 0 Å². The highest BCUT2D eigenvalue weighted by molar-refractivity contribution is 9.10. The lowest BCUT2D eigenvalue weighted by atomic mass is 10.1. The van der Waals surface area contributed by atoms with Gasteiger partial charge in [-0.3, -0.25) is 4.79 Å². The first-order valence-electron chi connectivity index (χ1n) is 4.83. The Morgan fingerprint density at radius 1 is 1.50 bits per heavy atom. The number of ketones is 1. The van der Waals surface area contributed by atoms with Crippen molar-refractivity contribution in [3.63, 3.8) is 0 Å². The molecule has 0 aliphatic heterocycles. The Bertz CT molecular complexity index is 455. The van der Waals surface area contributed by atoms with Gasteiger partial charge >= 0.3 is 0 Å². The van der Waals surface area contributed by atoms with Crippen molar-refractivity contribution < 1.29 is 9.53 Å². The number of rotatable bonds is 3. The SMILES string of the molecule is C#CC(C)(C)Oc1cc(Br)ccc1C(C)=O. The number of terminal acetylenes is 1. The van der Waals surface area contributed by atoms with Gasteiger partial charge in [0.2, 0.25) is 0 Å². The third kappa shape index (κ3) is 3.11. The second kappa shape index (κ2) is 4.71. The van der Waals surface area contributed by atoms with Gasteiger partial charge in [0, 0.05) is 4.47 Å². The summed E-state index contributed by atoms with van der Waals surface area (Å²) in [7, 11) is 0. The van der Waals surface area contributed by atoms with Gasteiger partial charge in [0.1, 0.15) is 5.75 Å². The Morgan fingerprint density at radius 2 is 2.12 bits per heavy atom. The predicted molar refractivity (Wildman–Crippen MR) is 67.7 cm³/mol. The fourth-order valence-corrected chi connectivity index (χ4v) is 1.52. The molecule has 0 aliphatic carbocycles. The summed E-state index contributed by atoms with van der Waals surface area (Å²) in [5.41, 5.74) is -0.197. The summed E-state index contributed by atoms with van der Waals surface area (Å²) in [6.45, 7) is 5.05. The highest BCUT2D eigenvalue weighted by Crippen LogP contribution is 2.27. The molecule has 1 rings (SSSR count). The van der Waals surface area contributed by atoms with Crippen molar-refractivity contribution in [2.24, 2.45) is 0 Å². The van der Waals surface area contributed by atoms with Crippen LogP contribution in [0.1, 0.15) is 31.1 Å². The van der Waals surface area contributed by atoms with Gasteiger partial charge in [-0.05, 0) is 39.0 Å². The Morgan fingerprint density at radius 3 is 2.62 bits per heavy atom. The van der Waals surface area contributed by atoms with Gasteiger partial charge in [0.15, 0.2) is 11.4 Å². The number of hydrogen-bond donors (Lipinski definition) is 0. The van der Waals surface area contributed by atoms with Crippen molar-refractivity contribution in [1.29, 1.82) is 0 Å². The van der Waals surface area contributed by atoms with Crippen LogP contribution in [0.15, 0.2) is 22.7 Å². The van der Waals surface area contributed by atoms with Crippen LogP contribution < -0.4 is 4.74 Å². The average molecular weight is 281 g/mol. The van der Waals surface area contributed by atoms with Gasteiger partial charge in [-0.2, -0.15) is 0 Å². The monoisotopic (exact) mass is 280 g/mol. The van der Waals surface area contributed by atoms with E-state index in [0.717, 1.165) is 4.47 Å². The van der Waals surface area contributed by atoms with Crippen LogP contribution in [0.2, 0.25) is 0 Å². The van der Waals surface area contributed by atoms with Gasteiger partial charge < -0.3 is 4.74 Å². The molecule has 0 spiro atoms. The number of carbonyl (C=O) groups is 1. The van der Waals surface area contributed by atoms with Crippen LogP contribution in [0.3, 0.4) is 0 Å². The molecule has 0 aliphatic rings. The van der Waals surface area contributed by atoms with Crippen molar-refractivity contribution in [3.8, 4) is 18.1 Å². The minimum absolute atomic E-state index is 0.0460. The molecular weight excluding hydrogens is 268 g/mol. The summed E-state index contributed by atoms with van der Waals surface area (Å²) in [6, 6.07) is 5.26. The molecule has 0 radical (unpaired) electrons. The van der Waals surface area contributed by atoms with Crippen LogP contribution in [-0.2, 0) is 0 Å². The van der Waals surface area contributed by atoms with E-state index in [1.807, 2.05) is 0 Å². The van der Waals surface area contributed by atoms with E-state index in [4.69, 9.17) is 11.2 Å². The summed E-state index contributed by atoms with van der Waals surface area (Å²) >= 11 is 3.33. The van der Waals surface area contributed by atoms with Crippen molar-refractivity contribution >= 4 is 21.7 Å². The minimum atomic E-state index is -0.731. The van der Waals surface area contributed by atoms with E-state index in [9.17, 15) is 4.79 Å². The Labute approximate surface area is 104 Å². The van der Waals surface area contributed by atoms with Gasteiger partial charge in [0.05, 0.1) is 5.56 Å². The molecule has 2 nitrogen and oxygen atoms in total. The molecule has 0 atom stereocenters. The zero-order chi connectivity index (χ0) is 12.3. The van der Waals surface area contributed by atoms with Crippen LogP contribution in [0.4, 0.5) is 0 Å². The highest BCUT2D eigenvalue weighted by atomic mass is 79.9. The van der Waals surface area contributed by atoms with Gasteiger partial charge in [-0.15, -0.1) is 6.42 Å². The topological polar surface area (TPSA) is 26.3 Å². The number of ether oxygens (including phenoxy) is 1. The predicted octanol–water partition coefficient (Wildman–Crippen LogP) is 3.44. The fourth-order valence-electron chi connectivity index (χ4n) is 1.18. The van der Waals surface area contributed by atoms with Gasteiger partial charge in [-0.1, -0.05) is 21.9 Å². The van der Waals surface area contributed by atoms with Crippen molar-refractivity contribution in [2.45, 2.75) is 26.4 Å². The first kappa shape index (κ1) is 12.8. The van der Waals surface area contributed by atoms with Crippen LogP contribution >= 0.6 is 15.9 Å². The van der Waals surface area contributed by atoms with E-state index >= 15 is 0 Å². The standard InChI is InChI=1S/C13H13BrO2/c1-5-13(3,4)16-12-8-10(14)6-7-11(12)9(2)15/h1,6-8H,2-4H3. The molecule has 3 heteroatoms. The first-order valence-corrected chi connectivity index (χ1v) is 5.62. The molecule has 0 fully saturated rings. The Hall–Kier alpha value is -1.27. The van der Waals surface area contributed by atoms with Crippen LogP contribution in [-0.4, -0.2) is 11.4 Å². The van der Waals surface area contributed by atoms with E-state index in [2.05, 4.69) is 21.9 Å². The smallest absolute Gasteiger partial charge is 0.163 e. The number of carbonyl (C=O) groups excluding carboxylic acids is 1. The lowest BCUT2D eigenvalue weighted by molar-refractivity contribution is 0.100. The van der Waals surface area contributed by atoms with E-state index in [1.165, 1.54) is 6.92 Å². The number of halogens is 1. The van der Waals surface area contributed by atoms with Crippen LogP contribution in [0.5, 0.6) is 5.75 Å². The normalized spacial score (nSPS) is 10.7. The zero-order valence-electron chi connectivity index (χ0n) is 9.50. The molecule has 1 aromatic rings. The molecule has 0 heterocycles. The number of benzene rings is 1. The van der Waals surface area contributed by atoms with Crippen LogP contribution in [0, 0.1) is 12.3 Å². The van der Waals surface area contributed by atoms with E-state index in [0.29, 0.717) is 11.3 Å². The minimum Gasteiger partial charge on any atom is -0.474 e. The van der Waals surface area contributed by atoms with Gasteiger partial charge in [0.25, 0.3) is 0 Å². The molecule has 0 unspecified atom stereocenters. The van der Waals surface area contributed by atoms with E-state index in [1.54, 1.807) is 32.0 Å². The second-order valence-electron chi connectivity index (χ2n) is 3.95. The number of Topliss-reactive ketones (excluding diaryl/α,β-unsaturated/α-hetero) is 1. The first-order chi connectivity index (χ1) is 7.35. The molecule has 0 N–H and O–H groups in total. The molecule has 84 valence electrons. The molecule has 0 saturated heterocycles. The van der Waals surface area contributed by atoms with Crippen molar-refractivity contribution in [3.05, 3.63) is 28.2 Å². The molecule has 1 aromatic carbocycles.